The monoisotopic (exact) mass is 522 g/mol. The molecule has 2 heterocycles. The molecule has 4 amide bonds. The van der Waals surface area contributed by atoms with Crippen LogP contribution in [0.15, 0.2) is 59.8 Å². The molecule has 0 aliphatic carbocycles. The van der Waals surface area contributed by atoms with E-state index in [0.29, 0.717) is 31.1 Å². The molecular weight excluding hydrogens is 480 g/mol. The Morgan fingerprint density at radius 2 is 2.05 bits per heavy atom. The minimum Gasteiger partial charge on any atom is -0.381 e. The topological polar surface area (TPSA) is 91.0 Å². The lowest BCUT2D eigenvalue weighted by Gasteiger charge is -2.29. The SMILES string of the molecule is C=CC1=C(/C=C\COC)CN(C[C@@H](C#CC(/C=C\C(C)CC2CCN(C)CC2)=C/C)NC(=O)NC=O)C1=O. The van der Waals surface area contributed by atoms with Gasteiger partial charge in [-0.25, -0.2) is 4.79 Å². The summed E-state index contributed by atoms with van der Waals surface area (Å²) in [6.07, 6.45) is 15.3. The van der Waals surface area contributed by atoms with Crippen LogP contribution in [0.25, 0.3) is 0 Å². The highest BCUT2D eigenvalue weighted by molar-refractivity contribution is 6.00. The second-order valence-electron chi connectivity index (χ2n) is 9.81. The summed E-state index contributed by atoms with van der Waals surface area (Å²) in [5, 5.41) is 4.75. The first-order valence-corrected chi connectivity index (χ1v) is 13.2. The average molecular weight is 523 g/mol. The van der Waals surface area contributed by atoms with Gasteiger partial charge in [0.15, 0.2) is 0 Å². The minimum absolute atomic E-state index is 0.157. The summed E-state index contributed by atoms with van der Waals surface area (Å²) in [5.74, 6) is 7.21. The molecule has 8 heteroatoms. The molecule has 38 heavy (non-hydrogen) atoms. The van der Waals surface area contributed by atoms with E-state index in [0.717, 1.165) is 36.6 Å². The van der Waals surface area contributed by atoms with Crippen LogP contribution in [0.1, 0.15) is 33.1 Å². The summed E-state index contributed by atoms with van der Waals surface area (Å²) < 4.78 is 5.05. The number of methoxy groups -OCH3 is 1. The number of nitrogens with zero attached hydrogens (tertiary/aromatic N) is 2. The van der Waals surface area contributed by atoms with Crippen molar-refractivity contribution in [2.45, 2.75) is 39.2 Å². The second kappa shape index (κ2) is 16.4. The molecule has 0 spiro atoms. The van der Waals surface area contributed by atoms with Crippen molar-refractivity contribution in [2.24, 2.45) is 11.8 Å². The van der Waals surface area contributed by atoms with Crippen molar-refractivity contribution in [1.82, 2.24) is 20.4 Å². The lowest BCUT2D eigenvalue weighted by molar-refractivity contribution is -0.125. The smallest absolute Gasteiger partial charge is 0.322 e. The highest BCUT2D eigenvalue weighted by Gasteiger charge is 2.29. The van der Waals surface area contributed by atoms with Gasteiger partial charge in [-0.2, -0.15) is 0 Å². The fourth-order valence-electron chi connectivity index (χ4n) is 4.62. The maximum Gasteiger partial charge on any atom is 0.322 e. The van der Waals surface area contributed by atoms with Crippen molar-refractivity contribution in [3.05, 3.63) is 59.8 Å². The number of imide groups is 1. The van der Waals surface area contributed by atoms with Crippen molar-refractivity contribution >= 4 is 18.3 Å². The number of allylic oxidation sites excluding steroid dienone is 4. The molecule has 2 rings (SSSR count). The van der Waals surface area contributed by atoms with E-state index >= 15 is 0 Å². The van der Waals surface area contributed by atoms with Crippen molar-refractivity contribution < 1.29 is 19.1 Å². The van der Waals surface area contributed by atoms with E-state index in [1.807, 2.05) is 31.2 Å². The lowest BCUT2D eigenvalue weighted by atomic mass is 9.88. The molecule has 1 saturated heterocycles. The Bertz CT molecular complexity index is 1020. The van der Waals surface area contributed by atoms with Crippen LogP contribution in [0.4, 0.5) is 4.79 Å². The number of carbonyl (C=O) groups is 3. The molecule has 2 atom stereocenters. The van der Waals surface area contributed by atoms with Crippen molar-refractivity contribution in [3.63, 3.8) is 0 Å². The van der Waals surface area contributed by atoms with Gasteiger partial charge in [0.2, 0.25) is 6.41 Å². The summed E-state index contributed by atoms with van der Waals surface area (Å²) in [6.45, 7) is 11.2. The third-order valence-corrected chi connectivity index (χ3v) is 6.76. The molecule has 0 radical (unpaired) electrons. The maximum atomic E-state index is 13.0. The zero-order chi connectivity index (χ0) is 27.9. The van der Waals surface area contributed by atoms with Gasteiger partial charge in [-0.3, -0.25) is 14.9 Å². The van der Waals surface area contributed by atoms with E-state index in [1.54, 1.807) is 12.0 Å². The second-order valence-corrected chi connectivity index (χ2v) is 9.81. The fraction of sp³-hybridized carbons (Fsp3) is 0.500. The Morgan fingerprint density at radius 1 is 1.32 bits per heavy atom. The normalized spacial score (nSPS) is 19.0. The van der Waals surface area contributed by atoms with Gasteiger partial charge in [-0.05, 0) is 63.7 Å². The van der Waals surface area contributed by atoms with E-state index in [1.165, 1.54) is 18.9 Å². The van der Waals surface area contributed by atoms with Crippen LogP contribution in [0, 0.1) is 23.7 Å². The third-order valence-electron chi connectivity index (χ3n) is 6.76. The van der Waals surface area contributed by atoms with Crippen molar-refractivity contribution in [2.75, 3.05) is 46.9 Å². The van der Waals surface area contributed by atoms with Crippen LogP contribution in [-0.4, -0.2) is 81.1 Å². The molecule has 1 unspecified atom stereocenters. The lowest BCUT2D eigenvalue weighted by Crippen LogP contribution is -2.47. The molecule has 0 aromatic carbocycles. The first-order valence-electron chi connectivity index (χ1n) is 13.2. The summed E-state index contributed by atoms with van der Waals surface area (Å²) in [5.41, 5.74) is 2.16. The average Bonchev–Trinajstić information content (AvgIpc) is 3.19. The molecular formula is C30H42N4O4. The van der Waals surface area contributed by atoms with E-state index in [-0.39, 0.29) is 12.5 Å². The Balaban J connectivity index is 2.09. The van der Waals surface area contributed by atoms with E-state index in [9.17, 15) is 14.4 Å². The molecule has 8 nitrogen and oxygen atoms in total. The largest absolute Gasteiger partial charge is 0.381 e. The number of piperidine rings is 1. The first-order chi connectivity index (χ1) is 18.3. The number of rotatable bonds is 12. The summed E-state index contributed by atoms with van der Waals surface area (Å²) in [6, 6.07) is -1.36. The van der Waals surface area contributed by atoms with Gasteiger partial charge in [0, 0.05) is 24.8 Å². The van der Waals surface area contributed by atoms with Gasteiger partial charge in [0.25, 0.3) is 5.91 Å². The van der Waals surface area contributed by atoms with Crippen LogP contribution in [0.2, 0.25) is 0 Å². The zero-order valence-electron chi connectivity index (χ0n) is 23.2. The zero-order valence-corrected chi connectivity index (χ0v) is 23.2. The van der Waals surface area contributed by atoms with Gasteiger partial charge in [-0.1, -0.05) is 61.8 Å². The highest BCUT2D eigenvalue weighted by atomic mass is 16.5. The number of nitrogens with one attached hydrogen (secondary N) is 2. The van der Waals surface area contributed by atoms with Gasteiger partial charge in [-0.15, -0.1) is 0 Å². The highest BCUT2D eigenvalue weighted by Crippen LogP contribution is 2.24. The molecule has 1 fully saturated rings. The van der Waals surface area contributed by atoms with Gasteiger partial charge in [0.1, 0.15) is 6.04 Å². The number of hydrogen-bond acceptors (Lipinski definition) is 5. The molecule has 0 aromatic rings. The molecule has 0 saturated carbocycles. The van der Waals surface area contributed by atoms with Crippen LogP contribution in [0.3, 0.4) is 0 Å². The predicted molar refractivity (Wildman–Crippen MR) is 151 cm³/mol. The molecule has 2 aliphatic rings. The van der Waals surface area contributed by atoms with Crippen LogP contribution in [0.5, 0.6) is 0 Å². The molecule has 2 aliphatic heterocycles. The van der Waals surface area contributed by atoms with E-state index in [2.05, 4.69) is 54.0 Å². The Hall–Kier alpha value is -3.41. The van der Waals surface area contributed by atoms with E-state index < -0.39 is 12.1 Å². The molecule has 206 valence electrons. The summed E-state index contributed by atoms with van der Waals surface area (Å²) >= 11 is 0. The fourth-order valence-corrected chi connectivity index (χ4v) is 4.62. The molecule has 2 N–H and O–H groups in total. The van der Waals surface area contributed by atoms with Crippen molar-refractivity contribution in [1.29, 1.82) is 0 Å². The van der Waals surface area contributed by atoms with Crippen LogP contribution >= 0.6 is 0 Å². The van der Waals surface area contributed by atoms with Gasteiger partial charge in [0.05, 0.1) is 13.2 Å². The Morgan fingerprint density at radius 3 is 2.68 bits per heavy atom. The molecule has 0 aromatic heterocycles. The first kappa shape index (κ1) is 30.8. The van der Waals surface area contributed by atoms with Gasteiger partial charge >= 0.3 is 6.03 Å². The number of carbonyl (C=O) groups excluding carboxylic acids is 3. The molecule has 0 bridgehead atoms. The minimum atomic E-state index is -0.688. The number of amides is 4. The number of likely N-dealkylation sites (tertiary alicyclic amines) is 1. The van der Waals surface area contributed by atoms with E-state index in [4.69, 9.17) is 4.74 Å². The van der Waals surface area contributed by atoms with Crippen LogP contribution in [-0.2, 0) is 14.3 Å². The number of ether oxygens (including phenoxy) is 1. The Labute approximate surface area is 227 Å². The van der Waals surface area contributed by atoms with Crippen molar-refractivity contribution in [3.8, 4) is 11.8 Å². The predicted octanol–water partition coefficient (Wildman–Crippen LogP) is 3.21. The Kier molecular flexibility index (Phi) is 13.3. The quantitative estimate of drug-likeness (QED) is 0.233. The van der Waals surface area contributed by atoms with Gasteiger partial charge < -0.3 is 19.9 Å². The summed E-state index contributed by atoms with van der Waals surface area (Å²) in [7, 11) is 3.78. The number of urea groups is 1. The third kappa shape index (κ3) is 10.2. The maximum absolute atomic E-state index is 13.0. The standard InChI is InChI=1S/C30H42N4O4/c1-6-24(11-10-23(3)19-25-14-16-33(4)17-15-25)12-13-27(32-30(37)31-22-35)21-34-20-26(9-8-18-38-5)28(7-2)29(34)36/h6-11,22-23,25,27H,2,14-21H2,1,3-5H3,(H2,31,32,35,37)/b9-8-,11-10-,24-6+/t23?,27-/m1/s1. The van der Waals surface area contributed by atoms with Crippen LogP contribution < -0.4 is 10.6 Å². The summed E-state index contributed by atoms with van der Waals surface area (Å²) in [4.78, 5) is 39.8. The number of hydrogen-bond donors (Lipinski definition) is 2.